The summed E-state index contributed by atoms with van der Waals surface area (Å²) in [6, 6.07) is 8.38. The first-order valence-corrected chi connectivity index (χ1v) is 8.57. The van der Waals surface area contributed by atoms with Crippen molar-refractivity contribution in [1.82, 2.24) is 14.7 Å². The Kier molecular flexibility index (Phi) is 5.37. The average molecular weight is 324 g/mol. The largest absolute Gasteiger partial charge is 0.390 e. The van der Waals surface area contributed by atoms with Gasteiger partial charge in [-0.3, -0.25) is 9.80 Å². The van der Waals surface area contributed by atoms with Gasteiger partial charge in [-0.25, -0.2) is 0 Å². The van der Waals surface area contributed by atoms with Crippen LogP contribution >= 0.6 is 11.6 Å². The van der Waals surface area contributed by atoms with Crippen LogP contribution in [-0.4, -0.2) is 84.8 Å². The minimum atomic E-state index is -0.214. The molecular weight excluding hydrogens is 298 g/mol. The SMILES string of the molecule is CN1CCN([C@H]2CN(CCc3ccc(Cl)cc3)C[C@@H]2O)CC1. The van der Waals surface area contributed by atoms with Crippen molar-refractivity contribution in [2.24, 2.45) is 0 Å². The first-order chi connectivity index (χ1) is 10.6. The molecule has 0 unspecified atom stereocenters. The van der Waals surface area contributed by atoms with Gasteiger partial charge in [0.25, 0.3) is 0 Å². The highest BCUT2D eigenvalue weighted by molar-refractivity contribution is 6.30. The minimum absolute atomic E-state index is 0.214. The lowest BCUT2D eigenvalue weighted by molar-refractivity contribution is 0.0512. The van der Waals surface area contributed by atoms with E-state index in [2.05, 4.69) is 33.9 Å². The molecule has 3 rings (SSSR count). The van der Waals surface area contributed by atoms with Gasteiger partial charge >= 0.3 is 0 Å². The van der Waals surface area contributed by atoms with Gasteiger partial charge in [0.1, 0.15) is 0 Å². The van der Waals surface area contributed by atoms with Crippen molar-refractivity contribution in [1.29, 1.82) is 0 Å². The molecule has 5 heteroatoms. The van der Waals surface area contributed by atoms with Crippen molar-refractivity contribution < 1.29 is 5.11 Å². The Balaban J connectivity index is 1.49. The summed E-state index contributed by atoms with van der Waals surface area (Å²) in [5.74, 6) is 0. The molecule has 2 aliphatic heterocycles. The first-order valence-electron chi connectivity index (χ1n) is 8.19. The monoisotopic (exact) mass is 323 g/mol. The number of aliphatic hydroxyl groups is 1. The number of hydrogen-bond acceptors (Lipinski definition) is 4. The third kappa shape index (κ3) is 4.00. The zero-order chi connectivity index (χ0) is 15.5. The number of likely N-dealkylation sites (N-methyl/N-ethyl adjacent to an activating group) is 1. The summed E-state index contributed by atoms with van der Waals surface area (Å²) in [5.41, 5.74) is 1.31. The first kappa shape index (κ1) is 16.2. The molecule has 2 aliphatic rings. The van der Waals surface area contributed by atoms with Gasteiger partial charge in [0.15, 0.2) is 0 Å². The Morgan fingerprint density at radius 2 is 1.77 bits per heavy atom. The molecule has 1 aromatic rings. The summed E-state index contributed by atoms with van der Waals surface area (Å²) in [5, 5.41) is 11.2. The summed E-state index contributed by atoms with van der Waals surface area (Å²) in [4.78, 5) is 7.21. The third-order valence-electron chi connectivity index (χ3n) is 4.97. The Labute approximate surface area is 138 Å². The predicted octanol–water partition coefficient (Wildman–Crippen LogP) is 1.17. The molecule has 0 spiro atoms. The lowest BCUT2D eigenvalue weighted by Gasteiger charge is -2.37. The summed E-state index contributed by atoms with van der Waals surface area (Å²) in [7, 11) is 2.17. The zero-order valence-electron chi connectivity index (χ0n) is 13.3. The number of rotatable bonds is 4. The van der Waals surface area contributed by atoms with E-state index in [1.165, 1.54) is 5.56 Å². The molecule has 0 bridgehead atoms. The third-order valence-corrected chi connectivity index (χ3v) is 5.22. The Hall–Kier alpha value is -0.650. The average Bonchev–Trinajstić information content (AvgIpc) is 2.89. The molecule has 4 nitrogen and oxygen atoms in total. The molecule has 2 heterocycles. The Bertz CT molecular complexity index is 473. The topological polar surface area (TPSA) is 30.0 Å². The van der Waals surface area contributed by atoms with Gasteiger partial charge in [0.2, 0.25) is 0 Å². The van der Waals surface area contributed by atoms with Crippen LogP contribution in [0.4, 0.5) is 0 Å². The van der Waals surface area contributed by atoms with E-state index < -0.39 is 0 Å². The lowest BCUT2D eigenvalue weighted by Crippen LogP contribution is -2.52. The van der Waals surface area contributed by atoms with E-state index in [4.69, 9.17) is 11.6 Å². The van der Waals surface area contributed by atoms with E-state index >= 15 is 0 Å². The Morgan fingerprint density at radius 1 is 1.09 bits per heavy atom. The number of β-amino-alcohol motifs (C(OH)–C–C–N with tert-alkyl or cyclic N) is 1. The van der Waals surface area contributed by atoms with Crippen molar-refractivity contribution in [2.45, 2.75) is 18.6 Å². The van der Waals surface area contributed by atoms with Gasteiger partial charge in [0, 0.05) is 56.9 Å². The van der Waals surface area contributed by atoms with E-state index in [1.807, 2.05) is 12.1 Å². The van der Waals surface area contributed by atoms with Crippen LogP contribution in [0.15, 0.2) is 24.3 Å². The molecule has 0 radical (unpaired) electrons. The molecular formula is C17H26ClN3O. The van der Waals surface area contributed by atoms with Crippen LogP contribution in [-0.2, 0) is 6.42 Å². The predicted molar refractivity (Wildman–Crippen MR) is 90.5 cm³/mol. The summed E-state index contributed by atoms with van der Waals surface area (Å²) < 4.78 is 0. The van der Waals surface area contributed by atoms with E-state index in [1.54, 1.807) is 0 Å². The summed E-state index contributed by atoms with van der Waals surface area (Å²) in [6.45, 7) is 7.14. The minimum Gasteiger partial charge on any atom is -0.390 e. The number of aliphatic hydroxyl groups excluding tert-OH is 1. The molecule has 1 N–H and O–H groups in total. The number of halogens is 1. The van der Waals surface area contributed by atoms with Crippen molar-refractivity contribution >= 4 is 11.6 Å². The maximum absolute atomic E-state index is 10.4. The van der Waals surface area contributed by atoms with E-state index in [0.717, 1.165) is 57.3 Å². The van der Waals surface area contributed by atoms with Crippen molar-refractivity contribution in [3.63, 3.8) is 0 Å². The Morgan fingerprint density at radius 3 is 2.45 bits per heavy atom. The number of piperazine rings is 1. The smallest absolute Gasteiger partial charge is 0.0834 e. The van der Waals surface area contributed by atoms with Crippen LogP contribution in [0.5, 0.6) is 0 Å². The highest BCUT2D eigenvalue weighted by Gasteiger charge is 2.35. The number of benzene rings is 1. The van der Waals surface area contributed by atoms with E-state index in [-0.39, 0.29) is 6.10 Å². The molecule has 2 atom stereocenters. The lowest BCUT2D eigenvalue weighted by atomic mass is 10.1. The molecule has 22 heavy (non-hydrogen) atoms. The van der Waals surface area contributed by atoms with Gasteiger partial charge < -0.3 is 10.0 Å². The number of nitrogens with zero attached hydrogens (tertiary/aromatic N) is 3. The quantitative estimate of drug-likeness (QED) is 0.901. The summed E-state index contributed by atoms with van der Waals surface area (Å²) >= 11 is 5.92. The normalized spacial score (nSPS) is 28.3. The fourth-order valence-electron chi connectivity index (χ4n) is 3.48. The highest BCUT2D eigenvalue weighted by Crippen LogP contribution is 2.19. The van der Waals surface area contributed by atoms with Crippen LogP contribution in [0.3, 0.4) is 0 Å². The maximum Gasteiger partial charge on any atom is 0.0834 e. The molecule has 0 saturated carbocycles. The van der Waals surface area contributed by atoms with Crippen molar-refractivity contribution in [3.8, 4) is 0 Å². The van der Waals surface area contributed by atoms with E-state index in [9.17, 15) is 5.11 Å². The molecule has 122 valence electrons. The maximum atomic E-state index is 10.4. The number of hydrogen-bond donors (Lipinski definition) is 1. The van der Waals surface area contributed by atoms with E-state index in [0.29, 0.717) is 6.04 Å². The molecule has 0 aromatic heterocycles. The molecule has 1 aromatic carbocycles. The number of likely N-dealkylation sites (tertiary alicyclic amines) is 1. The standard InChI is InChI=1S/C17H26ClN3O/c1-19-8-10-21(11-9-19)16-12-20(13-17(16)22)7-6-14-2-4-15(18)5-3-14/h2-5,16-17,22H,6-13H2,1H3/t16-,17-/m0/s1. The van der Waals surface area contributed by atoms with Gasteiger partial charge in [-0.2, -0.15) is 0 Å². The van der Waals surface area contributed by atoms with Crippen LogP contribution in [0.2, 0.25) is 5.02 Å². The van der Waals surface area contributed by atoms with Crippen LogP contribution in [0.1, 0.15) is 5.56 Å². The highest BCUT2D eigenvalue weighted by atomic mass is 35.5. The van der Waals surface area contributed by atoms with Gasteiger partial charge in [-0.05, 0) is 31.2 Å². The van der Waals surface area contributed by atoms with Gasteiger partial charge in [-0.1, -0.05) is 23.7 Å². The molecule has 2 saturated heterocycles. The van der Waals surface area contributed by atoms with Crippen molar-refractivity contribution in [3.05, 3.63) is 34.9 Å². The van der Waals surface area contributed by atoms with Crippen LogP contribution in [0.25, 0.3) is 0 Å². The second-order valence-corrected chi connectivity index (χ2v) is 7.05. The molecule has 2 fully saturated rings. The fourth-order valence-corrected chi connectivity index (χ4v) is 3.61. The molecule has 0 amide bonds. The fraction of sp³-hybridized carbons (Fsp3) is 0.647. The second kappa shape index (κ2) is 7.28. The summed E-state index contributed by atoms with van der Waals surface area (Å²) in [6.07, 6.45) is 0.799. The zero-order valence-corrected chi connectivity index (χ0v) is 14.0. The van der Waals surface area contributed by atoms with Crippen LogP contribution in [0, 0.1) is 0 Å². The van der Waals surface area contributed by atoms with Crippen LogP contribution < -0.4 is 0 Å². The van der Waals surface area contributed by atoms with Gasteiger partial charge in [0.05, 0.1) is 6.10 Å². The second-order valence-electron chi connectivity index (χ2n) is 6.61. The van der Waals surface area contributed by atoms with Gasteiger partial charge in [-0.15, -0.1) is 0 Å². The molecule has 0 aliphatic carbocycles. The van der Waals surface area contributed by atoms with Crippen molar-refractivity contribution in [2.75, 3.05) is 52.9 Å².